The van der Waals surface area contributed by atoms with Crippen molar-refractivity contribution < 1.29 is 13.7 Å². The first-order chi connectivity index (χ1) is 16.2. The van der Waals surface area contributed by atoms with Crippen molar-refractivity contribution in [1.82, 2.24) is 5.16 Å². The van der Waals surface area contributed by atoms with Gasteiger partial charge in [0.05, 0.1) is 10.4 Å². The molecule has 0 unspecified atom stereocenters. The summed E-state index contributed by atoms with van der Waals surface area (Å²) >= 11 is 6.25. The summed E-state index contributed by atoms with van der Waals surface area (Å²) in [4.78, 5) is 13.2. The minimum absolute atomic E-state index is 0.00668. The van der Waals surface area contributed by atoms with E-state index in [0.29, 0.717) is 33.2 Å². The summed E-state index contributed by atoms with van der Waals surface area (Å²) in [5, 5.41) is 5.09. The number of hydrogen-bond acceptors (Lipinski definition) is 5. The first kappa shape index (κ1) is 20.8. The molecule has 0 fully saturated rings. The zero-order valence-electron chi connectivity index (χ0n) is 17.4. The lowest BCUT2D eigenvalue weighted by Crippen LogP contribution is -2.10. The van der Waals surface area contributed by atoms with Crippen molar-refractivity contribution in [1.29, 1.82) is 0 Å². The van der Waals surface area contributed by atoms with Crippen LogP contribution in [0.2, 0.25) is 5.02 Å². The molecule has 0 N–H and O–H groups in total. The number of fused-ring (bicyclic) bond motifs is 1. The molecule has 5 rings (SSSR count). The topological polar surface area (TPSA) is 65.5 Å². The lowest BCUT2D eigenvalue weighted by molar-refractivity contribution is 0.242. The highest BCUT2D eigenvalue weighted by Gasteiger charge is 2.16. The third-order valence-electron chi connectivity index (χ3n) is 5.08. The number of para-hydroxylation sites is 1. The van der Waals surface area contributed by atoms with Crippen molar-refractivity contribution in [3.05, 3.63) is 117 Å². The van der Waals surface area contributed by atoms with Gasteiger partial charge in [0.1, 0.15) is 17.9 Å². The summed E-state index contributed by atoms with van der Waals surface area (Å²) in [5.41, 5.74) is 2.55. The fraction of sp³-hybridized carbons (Fsp3) is 0.0370. The van der Waals surface area contributed by atoms with Crippen LogP contribution in [0.5, 0.6) is 5.75 Å². The molecule has 2 aromatic heterocycles. The van der Waals surface area contributed by atoms with Crippen molar-refractivity contribution >= 4 is 34.7 Å². The van der Waals surface area contributed by atoms with E-state index in [-0.39, 0.29) is 17.8 Å². The fourth-order valence-electron chi connectivity index (χ4n) is 3.44. The lowest BCUT2D eigenvalue weighted by Gasteiger charge is -2.08. The molecule has 162 valence electrons. The monoisotopic (exact) mass is 455 g/mol. The zero-order chi connectivity index (χ0) is 22.6. The molecule has 0 aliphatic rings. The second-order valence-electron chi connectivity index (χ2n) is 7.31. The Morgan fingerprint density at radius 3 is 2.52 bits per heavy atom. The van der Waals surface area contributed by atoms with Crippen molar-refractivity contribution in [2.45, 2.75) is 6.61 Å². The molecular weight excluding hydrogens is 438 g/mol. The van der Waals surface area contributed by atoms with Gasteiger partial charge >= 0.3 is 0 Å². The summed E-state index contributed by atoms with van der Waals surface area (Å²) < 4.78 is 17.3. The van der Waals surface area contributed by atoms with Crippen LogP contribution in [0, 0.1) is 0 Å². The van der Waals surface area contributed by atoms with Gasteiger partial charge in [-0.2, -0.15) is 0 Å². The highest BCUT2D eigenvalue weighted by atomic mass is 35.5. The maximum absolute atomic E-state index is 13.2. The third-order valence-corrected chi connectivity index (χ3v) is 5.41. The van der Waals surface area contributed by atoms with Gasteiger partial charge in [0.2, 0.25) is 11.2 Å². The van der Waals surface area contributed by atoms with Crippen LogP contribution in [0.25, 0.3) is 34.4 Å². The van der Waals surface area contributed by atoms with Crippen LogP contribution in [0.4, 0.5) is 0 Å². The summed E-state index contributed by atoms with van der Waals surface area (Å²) in [7, 11) is 0. The molecule has 0 aliphatic carbocycles. The van der Waals surface area contributed by atoms with E-state index in [9.17, 15) is 4.79 Å². The minimum atomic E-state index is -0.254. The number of halogens is 1. The highest BCUT2D eigenvalue weighted by Crippen LogP contribution is 2.28. The fourth-order valence-corrected chi connectivity index (χ4v) is 3.68. The van der Waals surface area contributed by atoms with E-state index in [1.807, 2.05) is 60.7 Å². The van der Waals surface area contributed by atoms with Gasteiger partial charge in [0, 0.05) is 11.6 Å². The number of ether oxygens (including phenoxy) is 1. The van der Waals surface area contributed by atoms with Gasteiger partial charge in [-0.1, -0.05) is 83.5 Å². The van der Waals surface area contributed by atoms with E-state index >= 15 is 0 Å². The standard InChI is InChI=1S/C27H18ClNO4/c28-22-12-6-4-10-20(22)23-16-19(33-29-23)17-31-27-25(15-14-18-8-2-1-3-9-18)32-24-13-7-5-11-21(24)26(27)30/h1-16H,17H2/b15-14+. The van der Waals surface area contributed by atoms with Crippen molar-refractivity contribution in [2.75, 3.05) is 0 Å². The molecule has 0 amide bonds. The zero-order valence-corrected chi connectivity index (χ0v) is 18.2. The number of benzene rings is 3. The molecule has 6 heteroatoms. The summed E-state index contributed by atoms with van der Waals surface area (Å²) in [5.74, 6) is 0.889. The molecule has 0 saturated heterocycles. The Bertz CT molecular complexity index is 1500. The van der Waals surface area contributed by atoms with E-state index in [0.717, 1.165) is 11.1 Å². The maximum Gasteiger partial charge on any atom is 0.235 e. The van der Waals surface area contributed by atoms with Crippen LogP contribution in [-0.2, 0) is 6.61 Å². The predicted octanol–water partition coefficient (Wildman–Crippen LogP) is 6.85. The van der Waals surface area contributed by atoms with E-state index in [4.69, 9.17) is 25.3 Å². The first-order valence-corrected chi connectivity index (χ1v) is 10.7. The van der Waals surface area contributed by atoms with Gasteiger partial charge in [-0.3, -0.25) is 4.79 Å². The molecule has 0 atom stereocenters. The van der Waals surface area contributed by atoms with Crippen LogP contribution < -0.4 is 10.2 Å². The molecular formula is C27H18ClNO4. The number of aromatic nitrogens is 1. The molecule has 2 heterocycles. The Kier molecular flexibility index (Phi) is 5.79. The molecule has 5 nitrogen and oxygen atoms in total. The lowest BCUT2D eigenvalue weighted by atomic mass is 10.1. The van der Waals surface area contributed by atoms with Gasteiger partial charge in [-0.15, -0.1) is 0 Å². The normalized spacial score (nSPS) is 11.3. The number of hydrogen-bond donors (Lipinski definition) is 0. The van der Waals surface area contributed by atoms with Crippen LogP contribution in [0.3, 0.4) is 0 Å². The molecule has 0 spiro atoms. The van der Waals surface area contributed by atoms with Gasteiger partial charge in [0.25, 0.3) is 0 Å². The number of rotatable bonds is 6. The van der Waals surface area contributed by atoms with Crippen LogP contribution in [-0.4, -0.2) is 5.16 Å². The van der Waals surface area contributed by atoms with E-state index < -0.39 is 0 Å². The van der Waals surface area contributed by atoms with E-state index in [1.165, 1.54) is 0 Å². The Morgan fingerprint density at radius 1 is 0.909 bits per heavy atom. The average molecular weight is 456 g/mol. The summed E-state index contributed by atoms with van der Waals surface area (Å²) in [6, 6.07) is 25.9. The predicted molar refractivity (Wildman–Crippen MR) is 129 cm³/mol. The Balaban J connectivity index is 1.47. The SMILES string of the molecule is O=c1c(OCc2cc(-c3ccccc3Cl)no2)c(/C=C/c2ccccc2)oc2ccccc12. The Labute approximate surface area is 194 Å². The van der Waals surface area contributed by atoms with Crippen molar-refractivity contribution in [3.8, 4) is 17.0 Å². The highest BCUT2D eigenvalue weighted by molar-refractivity contribution is 6.33. The molecule has 0 aliphatic heterocycles. The quantitative estimate of drug-likeness (QED) is 0.280. The molecule has 5 aromatic rings. The van der Waals surface area contributed by atoms with Gasteiger partial charge < -0.3 is 13.7 Å². The molecule has 33 heavy (non-hydrogen) atoms. The van der Waals surface area contributed by atoms with Gasteiger partial charge in [-0.05, 0) is 29.8 Å². The van der Waals surface area contributed by atoms with Crippen molar-refractivity contribution in [2.24, 2.45) is 0 Å². The Hall–Kier alpha value is -4.09. The van der Waals surface area contributed by atoms with Crippen molar-refractivity contribution in [3.63, 3.8) is 0 Å². The average Bonchev–Trinajstić information content (AvgIpc) is 3.32. The van der Waals surface area contributed by atoms with Crippen LogP contribution in [0.1, 0.15) is 17.1 Å². The van der Waals surface area contributed by atoms with E-state index in [2.05, 4.69) is 5.16 Å². The minimum Gasteiger partial charge on any atom is -0.478 e. The first-order valence-electron chi connectivity index (χ1n) is 10.3. The van der Waals surface area contributed by atoms with Gasteiger partial charge in [0.15, 0.2) is 11.5 Å². The molecule has 0 saturated carbocycles. The smallest absolute Gasteiger partial charge is 0.235 e. The summed E-state index contributed by atoms with van der Waals surface area (Å²) in [6.07, 6.45) is 3.60. The largest absolute Gasteiger partial charge is 0.478 e. The van der Waals surface area contributed by atoms with Crippen LogP contribution >= 0.6 is 11.6 Å². The molecule has 0 bridgehead atoms. The summed E-state index contributed by atoms with van der Waals surface area (Å²) in [6.45, 7) is 0.00668. The third kappa shape index (κ3) is 4.45. The maximum atomic E-state index is 13.2. The second kappa shape index (κ2) is 9.18. The Morgan fingerprint density at radius 2 is 1.67 bits per heavy atom. The van der Waals surface area contributed by atoms with E-state index in [1.54, 1.807) is 36.4 Å². The number of nitrogens with zero attached hydrogens (tertiary/aromatic N) is 1. The van der Waals surface area contributed by atoms with Crippen LogP contribution in [0.15, 0.2) is 98.7 Å². The van der Waals surface area contributed by atoms with Gasteiger partial charge in [-0.25, -0.2) is 0 Å². The molecule has 3 aromatic carbocycles. The molecule has 0 radical (unpaired) electrons. The second-order valence-corrected chi connectivity index (χ2v) is 7.72.